The van der Waals surface area contributed by atoms with E-state index in [1.807, 2.05) is 36.4 Å². The molecule has 1 amide bonds. The zero-order chi connectivity index (χ0) is 19.1. The van der Waals surface area contributed by atoms with Crippen molar-refractivity contribution in [2.75, 3.05) is 12.3 Å². The summed E-state index contributed by atoms with van der Waals surface area (Å²) >= 11 is 1.48. The number of unbranched alkanes of at least 4 members (excludes halogenated alkanes) is 1. The van der Waals surface area contributed by atoms with Gasteiger partial charge in [-0.1, -0.05) is 68.4 Å². The molecule has 2 aromatic carbocycles. The summed E-state index contributed by atoms with van der Waals surface area (Å²) < 4.78 is 0. The van der Waals surface area contributed by atoms with E-state index in [-0.39, 0.29) is 5.91 Å². The van der Waals surface area contributed by atoms with Gasteiger partial charge in [-0.25, -0.2) is 9.97 Å². The Morgan fingerprint density at radius 1 is 1.07 bits per heavy atom. The third-order valence-electron chi connectivity index (χ3n) is 4.36. The summed E-state index contributed by atoms with van der Waals surface area (Å²) in [7, 11) is 0. The molecule has 0 saturated carbocycles. The molecule has 3 aromatic rings. The molecule has 0 atom stereocenters. The smallest absolute Gasteiger partial charge is 0.230 e. The van der Waals surface area contributed by atoms with Crippen LogP contribution in [0.25, 0.3) is 22.3 Å². The number of carbonyl (C=O) groups excluding carboxylic acids is 1. The molecule has 5 heteroatoms. The standard InChI is InChI=1S/C22H25N3OS/c1-3-5-13-23-20(26)15-27-22-18-14-16(4-2)11-12-19(18)24-21(25-22)17-9-7-6-8-10-17/h6-12,14H,3-5,13,15H2,1-2H3,(H,23,26). The molecule has 27 heavy (non-hydrogen) atoms. The maximum Gasteiger partial charge on any atom is 0.230 e. The first-order valence-corrected chi connectivity index (χ1v) is 10.5. The van der Waals surface area contributed by atoms with Crippen LogP contribution in [-0.4, -0.2) is 28.2 Å². The maximum absolute atomic E-state index is 12.1. The molecule has 140 valence electrons. The Labute approximate surface area is 164 Å². The molecular weight excluding hydrogens is 354 g/mol. The molecule has 0 bridgehead atoms. The highest BCUT2D eigenvalue weighted by molar-refractivity contribution is 8.00. The Morgan fingerprint density at radius 2 is 1.89 bits per heavy atom. The third-order valence-corrected chi connectivity index (χ3v) is 5.35. The van der Waals surface area contributed by atoms with Crippen molar-refractivity contribution in [1.82, 2.24) is 15.3 Å². The molecule has 1 N–H and O–H groups in total. The van der Waals surface area contributed by atoms with Crippen LogP contribution in [0.1, 0.15) is 32.3 Å². The minimum Gasteiger partial charge on any atom is -0.355 e. The van der Waals surface area contributed by atoms with E-state index in [1.165, 1.54) is 17.3 Å². The Bertz CT molecular complexity index is 912. The first-order chi connectivity index (χ1) is 13.2. The summed E-state index contributed by atoms with van der Waals surface area (Å²) in [6, 6.07) is 16.3. The van der Waals surface area contributed by atoms with Crippen LogP contribution in [-0.2, 0) is 11.2 Å². The van der Waals surface area contributed by atoms with Crippen molar-refractivity contribution in [3.8, 4) is 11.4 Å². The van der Waals surface area contributed by atoms with Gasteiger partial charge in [-0.2, -0.15) is 0 Å². The number of amides is 1. The Kier molecular flexibility index (Phi) is 6.82. The predicted octanol–water partition coefficient (Wildman–Crippen LogP) is 4.87. The van der Waals surface area contributed by atoms with Gasteiger partial charge >= 0.3 is 0 Å². The normalized spacial score (nSPS) is 10.9. The molecule has 4 nitrogen and oxygen atoms in total. The van der Waals surface area contributed by atoms with Crippen LogP contribution in [0.15, 0.2) is 53.6 Å². The van der Waals surface area contributed by atoms with Crippen LogP contribution >= 0.6 is 11.8 Å². The summed E-state index contributed by atoms with van der Waals surface area (Å²) in [4.78, 5) is 21.7. The lowest BCUT2D eigenvalue weighted by Crippen LogP contribution is -2.26. The molecule has 0 aliphatic carbocycles. The number of rotatable bonds is 8. The number of carbonyl (C=O) groups is 1. The molecule has 1 heterocycles. The van der Waals surface area contributed by atoms with Gasteiger partial charge in [-0.05, 0) is 30.5 Å². The molecular formula is C22H25N3OS. The lowest BCUT2D eigenvalue weighted by atomic mass is 10.1. The largest absolute Gasteiger partial charge is 0.355 e. The number of hydrogen-bond donors (Lipinski definition) is 1. The quantitative estimate of drug-likeness (QED) is 0.345. The van der Waals surface area contributed by atoms with Crippen molar-refractivity contribution in [3.63, 3.8) is 0 Å². The van der Waals surface area contributed by atoms with Crippen LogP contribution in [0.2, 0.25) is 0 Å². The Hall–Kier alpha value is -2.40. The fourth-order valence-corrected chi connectivity index (χ4v) is 3.62. The highest BCUT2D eigenvalue weighted by Gasteiger charge is 2.12. The van der Waals surface area contributed by atoms with E-state index >= 15 is 0 Å². The second kappa shape index (κ2) is 9.51. The highest BCUT2D eigenvalue weighted by Crippen LogP contribution is 2.29. The van der Waals surface area contributed by atoms with Crippen molar-refractivity contribution < 1.29 is 4.79 Å². The molecule has 1 aromatic heterocycles. The molecule has 0 saturated heterocycles. The molecule has 0 spiro atoms. The van der Waals surface area contributed by atoms with Crippen LogP contribution in [0.3, 0.4) is 0 Å². The van der Waals surface area contributed by atoms with E-state index in [2.05, 4.69) is 31.3 Å². The molecule has 3 rings (SSSR count). The van der Waals surface area contributed by atoms with E-state index in [0.717, 1.165) is 47.3 Å². The molecule has 0 radical (unpaired) electrons. The molecule has 0 fully saturated rings. The van der Waals surface area contributed by atoms with Gasteiger partial charge in [0.2, 0.25) is 5.91 Å². The van der Waals surface area contributed by atoms with Crippen molar-refractivity contribution in [2.24, 2.45) is 0 Å². The number of nitrogens with zero attached hydrogens (tertiary/aromatic N) is 2. The Balaban J connectivity index is 1.91. The van der Waals surface area contributed by atoms with Crippen molar-refractivity contribution in [2.45, 2.75) is 38.1 Å². The molecule has 0 aliphatic rings. The number of aryl methyl sites for hydroxylation is 1. The highest BCUT2D eigenvalue weighted by atomic mass is 32.2. The van der Waals surface area contributed by atoms with E-state index in [9.17, 15) is 4.79 Å². The number of fused-ring (bicyclic) bond motifs is 1. The van der Waals surface area contributed by atoms with E-state index in [0.29, 0.717) is 11.6 Å². The SMILES string of the molecule is CCCCNC(=O)CSc1nc(-c2ccccc2)nc2ccc(CC)cc12. The van der Waals surface area contributed by atoms with Gasteiger partial charge in [0.1, 0.15) is 5.03 Å². The van der Waals surface area contributed by atoms with Gasteiger partial charge < -0.3 is 5.32 Å². The summed E-state index contributed by atoms with van der Waals surface area (Å²) in [5.41, 5.74) is 3.14. The van der Waals surface area contributed by atoms with Gasteiger partial charge in [-0.15, -0.1) is 0 Å². The topological polar surface area (TPSA) is 54.9 Å². The Morgan fingerprint density at radius 3 is 2.63 bits per heavy atom. The van der Waals surface area contributed by atoms with Gasteiger partial charge in [0.25, 0.3) is 0 Å². The van der Waals surface area contributed by atoms with Crippen molar-refractivity contribution in [1.29, 1.82) is 0 Å². The lowest BCUT2D eigenvalue weighted by Gasteiger charge is -2.10. The number of nitrogens with one attached hydrogen (secondary N) is 1. The minimum atomic E-state index is 0.0492. The van der Waals surface area contributed by atoms with E-state index < -0.39 is 0 Å². The maximum atomic E-state index is 12.1. The van der Waals surface area contributed by atoms with Crippen LogP contribution in [0.5, 0.6) is 0 Å². The number of thioether (sulfide) groups is 1. The summed E-state index contributed by atoms with van der Waals surface area (Å²) in [5.74, 6) is 1.11. The fourth-order valence-electron chi connectivity index (χ4n) is 2.78. The average Bonchev–Trinajstić information content (AvgIpc) is 2.72. The minimum absolute atomic E-state index is 0.0492. The zero-order valence-electron chi connectivity index (χ0n) is 15.9. The second-order valence-corrected chi connectivity index (χ2v) is 7.38. The van der Waals surface area contributed by atoms with Gasteiger partial charge in [0, 0.05) is 17.5 Å². The van der Waals surface area contributed by atoms with Crippen molar-refractivity contribution >= 4 is 28.6 Å². The fraction of sp³-hybridized carbons (Fsp3) is 0.318. The summed E-state index contributed by atoms with van der Waals surface area (Å²) in [6.45, 7) is 4.98. The van der Waals surface area contributed by atoms with E-state index in [1.54, 1.807) is 0 Å². The number of aromatic nitrogens is 2. The first-order valence-electron chi connectivity index (χ1n) is 9.46. The number of hydrogen-bond acceptors (Lipinski definition) is 4. The number of benzene rings is 2. The monoisotopic (exact) mass is 379 g/mol. The predicted molar refractivity (Wildman–Crippen MR) is 113 cm³/mol. The molecule has 0 aliphatic heterocycles. The van der Waals surface area contributed by atoms with Crippen LogP contribution in [0.4, 0.5) is 0 Å². The molecule has 0 unspecified atom stereocenters. The van der Waals surface area contributed by atoms with Crippen LogP contribution < -0.4 is 5.32 Å². The third kappa shape index (κ3) is 5.07. The van der Waals surface area contributed by atoms with E-state index in [4.69, 9.17) is 9.97 Å². The van der Waals surface area contributed by atoms with Gasteiger partial charge in [-0.3, -0.25) is 4.79 Å². The lowest BCUT2D eigenvalue weighted by molar-refractivity contribution is -0.118. The van der Waals surface area contributed by atoms with Gasteiger partial charge in [0.15, 0.2) is 5.82 Å². The average molecular weight is 380 g/mol. The summed E-state index contributed by atoms with van der Waals surface area (Å²) in [6.07, 6.45) is 3.03. The van der Waals surface area contributed by atoms with Crippen molar-refractivity contribution in [3.05, 3.63) is 54.1 Å². The van der Waals surface area contributed by atoms with Gasteiger partial charge in [0.05, 0.1) is 11.3 Å². The zero-order valence-corrected chi connectivity index (χ0v) is 16.7. The summed E-state index contributed by atoms with van der Waals surface area (Å²) in [5, 5.41) is 4.84. The second-order valence-electron chi connectivity index (χ2n) is 6.42. The first kappa shape index (κ1) is 19.4. The van der Waals surface area contributed by atoms with Crippen LogP contribution in [0, 0.1) is 0 Å².